The number of benzene rings is 1. The summed E-state index contributed by atoms with van der Waals surface area (Å²) >= 11 is 0. The van der Waals surface area contributed by atoms with Crippen molar-refractivity contribution in [1.29, 1.82) is 0 Å². The van der Waals surface area contributed by atoms with Crippen LogP contribution in [0.25, 0.3) is 0 Å². The van der Waals surface area contributed by atoms with Crippen LogP contribution in [0.15, 0.2) is 42.5 Å². The Morgan fingerprint density at radius 3 is 2.79 bits per heavy atom. The lowest BCUT2D eigenvalue weighted by Crippen LogP contribution is -2.42. The average Bonchev–Trinajstić information content (AvgIpc) is 2.69. The van der Waals surface area contributed by atoms with E-state index < -0.39 is 5.97 Å². The molecule has 150 valence electrons. The predicted molar refractivity (Wildman–Crippen MR) is 108 cm³/mol. The maximum atomic E-state index is 12.3. The zero-order valence-corrected chi connectivity index (χ0v) is 16.2. The SMILES string of the molecule is O=C(O)CCCC#CCN1C(=O)CCC[C@@H]1/C=C/C(CO)Cc1ccccc1. The first-order valence-electron chi connectivity index (χ1n) is 9.90. The Hall–Kier alpha value is -2.58. The molecule has 1 aliphatic rings. The highest BCUT2D eigenvalue weighted by Gasteiger charge is 2.25. The minimum absolute atomic E-state index is 0.000562. The second kappa shape index (κ2) is 12.0. The molecule has 5 heteroatoms. The van der Waals surface area contributed by atoms with E-state index in [9.17, 15) is 14.7 Å². The molecule has 1 saturated heterocycles. The summed E-state index contributed by atoms with van der Waals surface area (Å²) in [7, 11) is 0. The summed E-state index contributed by atoms with van der Waals surface area (Å²) < 4.78 is 0. The second-order valence-electron chi connectivity index (χ2n) is 7.10. The third-order valence-corrected chi connectivity index (χ3v) is 4.86. The number of aliphatic hydroxyl groups is 1. The van der Waals surface area contributed by atoms with Crippen molar-refractivity contribution in [3.63, 3.8) is 0 Å². The number of rotatable bonds is 9. The molecule has 0 radical (unpaired) electrons. The van der Waals surface area contributed by atoms with E-state index in [0.717, 1.165) is 19.3 Å². The zero-order chi connectivity index (χ0) is 20.2. The Labute approximate surface area is 167 Å². The van der Waals surface area contributed by atoms with Crippen molar-refractivity contribution >= 4 is 11.9 Å². The molecule has 0 saturated carbocycles. The highest BCUT2D eigenvalue weighted by atomic mass is 16.4. The standard InChI is InChI=1S/C23H29NO4/c25-18-20(17-19-9-4-3-5-10-19)14-15-21-11-8-12-22(26)24(21)16-7-2-1-6-13-23(27)28/h3-5,9-10,14-15,20-21,25H,1,6,8,11-13,16-18H2,(H,27,28)/b15-14+/t20?,21-/m1/s1. The molecule has 1 unspecified atom stereocenters. The van der Waals surface area contributed by atoms with Gasteiger partial charge < -0.3 is 15.1 Å². The number of carbonyl (C=O) groups excluding carboxylic acids is 1. The van der Waals surface area contributed by atoms with Crippen molar-refractivity contribution in [3.8, 4) is 11.8 Å². The van der Waals surface area contributed by atoms with Gasteiger partial charge in [0.05, 0.1) is 12.6 Å². The van der Waals surface area contributed by atoms with Gasteiger partial charge in [0.1, 0.15) is 0 Å². The fourth-order valence-corrected chi connectivity index (χ4v) is 3.31. The molecule has 0 bridgehead atoms. The molecule has 1 aromatic carbocycles. The van der Waals surface area contributed by atoms with Crippen LogP contribution in [0.4, 0.5) is 0 Å². The smallest absolute Gasteiger partial charge is 0.303 e. The molecule has 28 heavy (non-hydrogen) atoms. The molecule has 2 atom stereocenters. The van der Waals surface area contributed by atoms with Gasteiger partial charge in [0, 0.05) is 31.8 Å². The lowest BCUT2D eigenvalue weighted by molar-refractivity contribution is -0.137. The first-order valence-corrected chi connectivity index (χ1v) is 9.90. The quantitative estimate of drug-likeness (QED) is 0.390. The maximum absolute atomic E-state index is 12.3. The monoisotopic (exact) mass is 383 g/mol. The number of carboxylic acid groups (broad SMARTS) is 1. The third-order valence-electron chi connectivity index (χ3n) is 4.86. The van der Waals surface area contributed by atoms with E-state index in [2.05, 4.69) is 11.8 Å². The topological polar surface area (TPSA) is 77.8 Å². The number of likely N-dealkylation sites (tertiary alicyclic amines) is 1. The van der Waals surface area contributed by atoms with Crippen molar-refractivity contribution in [2.75, 3.05) is 13.2 Å². The lowest BCUT2D eigenvalue weighted by atomic mass is 9.96. The van der Waals surface area contributed by atoms with Gasteiger partial charge in [0.15, 0.2) is 0 Å². The number of hydrogen-bond acceptors (Lipinski definition) is 3. The molecule has 0 aromatic heterocycles. The number of unbranched alkanes of at least 4 members (excludes halogenated alkanes) is 1. The number of aliphatic hydroxyl groups excluding tert-OH is 1. The number of nitrogens with zero attached hydrogens (tertiary/aromatic N) is 1. The minimum atomic E-state index is -0.813. The van der Waals surface area contributed by atoms with Crippen LogP contribution < -0.4 is 0 Å². The largest absolute Gasteiger partial charge is 0.481 e. The molecule has 1 amide bonds. The van der Waals surface area contributed by atoms with Gasteiger partial charge in [-0.1, -0.05) is 48.4 Å². The maximum Gasteiger partial charge on any atom is 0.303 e. The number of carbonyl (C=O) groups is 2. The van der Waals surface area contributed by atoms with Crippen LogP contribution in [0.2, 0.25) is 0 Å². The summed E-state index contributed by atoms with van der Waals surface area (Å²) in [4.78, 5) is 24.6. The summed E-state index contributed by atoms with van der Waals surface area (Å²) in [5, 5.41) is 18.3. The number of aliphatic carboxylic acids is 1. The van der Waals surface area contributed by atoms with Crippen LogP contribution in [0.3, 0.4) is 0 Å². The summed E-state index contributed by atoms with van der Waals surface area (Å²) in [5.41, 5.74) is 1.18. The van der Waals surface area contributed by atoms with Crippen molar-refractivity contribution < 1.29 is 19.8 Å². The molecule has 0 spiro atoms. The fourth-order valence-electron chi connectivity index (χ4n) is 3.31. The Bertz CT molecular complexity index is 717. The highest BCUT2D eigenvalue weighted by Crippen LogP contribution is 2.20. The van der Waals surface area contributed by atoms with Gasteiger partial charge >= 0.3 is 5.97 Å². The zero-order valence-electron chi connectivity index (χ0n) is 16.2. The Morgan fingerprint density at radius 2 is 2.07 bits per heavy atom. The molecular weight excluding hydrogens is 354 g/mol. The van der Waals surface area contributed by atoms with Crippen molar-refractivity contribution in [2.45, 2.75) is 51.0 Å². The molecule has 1 fully saturated rings. The predicted octanol–water partition coefficient (Wildman–Crippen LogP) is 3.03. The van der Waals surface area contributed by atoms with Crippen molar-refractivity contribution in [3.05, 3.63) is 48.0 Å². The molecule has 1 heterocycles. The number of carboxylic acids is 1. The Morgan fingerprint density at radius 1 is 1.29 bits per heavy atom. The molecule has 5 nitrogen and oxygen atoms in total. The second-order valence-corrected chi connectivity index (χ2v) is 7.10. The Balaban J connectivity index is 1.92. The van der Waals surface area contributed by atoms with Gasteiger partial charge in [0.2, 0.25) is 5.91 Å². The summed E-state index contributed by atoms with van der Waals surface area (Å²) in [6.07, 6.45) is 8.28. The molecular formula is C23H29NO4. The summed E-state index contributed by atoms with van der Waals surface area (Å²) in [5.74, 6) is 5.28. The van der Waals surface area contributed by atoms with Crippen LogP contribution in [0.1, 0.15) is 44.1 Å². The normalized spacial score (nSPS) is 18.0. The number of hydrogen-bond donors (Lipinski definition) is 2. The van der Waals surface area contributed by atoms with Gasteiger partial charge in [-0.2, -0.15) is 0 Å². The van der Waals surface area contributed by atoms with E-state index in [1.165, 1.54) is 5.56 Å². The summed E-state index contributed by atoms with van der Waals surface area (Å²) in [6.45, 7) is 0.429. The van der Waals surface area contributed by atoms with Gasteiger partial charge in [-0.05, 0) is 31.2 Å². The first-order chi connectivity index (χ1) is 13.6. The van der Waals surface area contributed by atoms with E-state index >= 15 is 0 Å². The van der Waals surface area contributed by atoms with E-state index in [-0.39, 0.29) is 30.9 Å². The summed E-state index contributed by atoms with van der Waals surface area (Å²) in [6, 6.07) is 10.1. The van der Waals surface area contributed by atoms with Crippen LogP contribution >= 0.6 is 0 Å². The van der Waals surface area contributed by atoms with Crippen LogP contribution in [-0.2, 0) is 16.0 Å². The van der Waals surface area contributed by atoms with Gasteiger partial charge in [-0.15, -0.1) is 5.92 Å². The van der Waals surface area contributed by atoms with Crippen LogP contribution in [-0.4, -0.2) is 46.2 Å². The Kier molecular flexibility index (Phi) is 9.30. The number of amides is 1. The number of piperidine rings is 1. The third kappa shape index (κ3) is 7.58. The van der Waals surface area contributed by atoms with E-state index in [0.29, 0.717) is 25.8 Å². The van der Waals surface area contributed by atoms with E-state index in [1.807, 2.05) is 42.5 Å². The molecule has 1 aliphatic heterocycles. The van der Waals surface area contributed by atoms with E-state index in [4.69, 9.17) is 5.11 Å². The van der Waals surface area contributed by atoms with Gasteiger partial charge in [0.25, 0.3) is 0 Å². The fraction of sp³-hybridized carbons (Fsp3) is 0.478. The van der Waals surface area contributed by atoms with Crippen molar-refractivity contribution in [2.24, 2.45) is 5.92 Å². The van der Waals surface area contributed by atoms with Crippen LogP contribution in [0.5, 0.6) is 0 Å². The molecule has 2 N–H and O–H groups in total. The van der Waals surface area contributed by atoms with E-state index in [1.54, 1.807) is 4.90 Å². The van der Waals surface area contributed by atoms with Gasteiger partial charge in [-0.25, -0.2) is 0 Å². The minimum Gasteiger partial charge on any atom is -0.481 e. The molecule has 0 aliphatic carbocycles. The lowest BCUT2D eigenvalue weighted by Gasteiger charge is -2.32. The average molecular weight is 383 g/mol. The molecule has 2 rings (SSSR count). The highest BCUT2D eigenvalue weighted by molar-refractivity contribution is 5.77. The molecule has 1 aromatic rings. The van der Waals surface area contributed by atoms with Gasteiger partial charge in [-0.3, -0.25) is 9.59 Å². The van der Waals surface area contributed by atoms with Crippen molar-refractivity contribution in [1.82, 2.24) is 4.90 Å². The van der Waals surface area contributed by atoms with Crippen LogP contribution in [0, 0.1) is 17.8 Å². The first kappa shape index (κ1) is 21.7.